The fraction of sp³-hybridized carbons (Fsp3) is 0.636. The minimum Gasteiger partial charge on any atom is -0.301 e. The molecule has 2 saturated carbocycles. The minimum absolute atomic E-state index is 0.0937. The van der Waals surface area contributed by atoms with E-state index in [1.54, 1.807) is 0 Å². The van der Waals surface area contributed by atoms with Crippen molar-refractivity contribution in [1.82, 2.24) is 14.5 Å². The van der Waals surface area contributed by atoms with E-state index in [-0.39, 0.29) is 16.8 Å². The molecule has 2 aromatic rings. The molecule has 27 heavy (non-hydrogen) atoms. The fourth-order valence-corrected chi connectivity index (χ4v) is 6.17. The molecule has 0 N–H and O–H groups in total. The predicted molar refractivity (Wildman–Crippen MR) is 109 cm³/mol. The maximum Gasteiger partial charge on any atom is 0.288 e. The van der Waals surface area contributed by atoms with Gasteiger partial charge in [0, 0.05) is 25.2 Å². The summed E-state index contributed by atoms with van der Waals surface area (Å²) >= 11 is 6.16. The van der Waals surface area contributed by atoms with E-state index in [0.717, 1.165) is 54.8 Å². The van der Waals surface area contributed by atoms with Crippen molar-refractivity contribution in [3.63, 3.8) is 0 Å². The highest BCUT2D eigenvalue weighted by atomic mass is 35.5. The van der Waals surface area contributed by atoms with Crippen molar-refractivity contribution in [3.8, 4) is 0 Å². The average molecular weight is 386 g/mol. The van der Waals surface area contributed by atoms with Gasteiger partial charge in [-0.05, 0) is 56.1 Å². The first-order valence-electron chi connectivity index (χ1n) is 10.6. The third-order valence-corrected chi connectivity index (χ3v) is 7.48. The van der Waals surface area contributed by atoms with Gasteiger partial charge in [0.2, 0.25) is 0 Å². The Hall–Kier alpha value is -1.39. The summed E-state index contributed by atoms with van der Waals surface area (Å²) in [5, 5.41) is 0.0937. The monoisotopic (exact) mass is 385 g/mol. The maximum atomic E-state index is 12.8. The number of fused-ring (bicyclic) bond motifs is 3. The molecule has 144 valence electrons. The molecule has 0 radical (unpaired) electrons. The number of rotatable bonds is 2. The van der Waals surface area contributed by atoms with Gasteiger partial charge in [-0.25, -0.2) is 4.98 Å². The first-order valence-corrected chi connectivity index (χ1v) is 11.0. The zero-order valence-corrected chi connectivity index (χ0v) is 16.6. The largest absolute Gasteiger partial charge is 0.301 e. The Morgan fingerprint density at radius 2 is 1.63 bits per heavy atom. The second-order valence-corrected chi connectivity index (χ2v) is 9.22. The van der Waals surface area contributed by atoms with E-state index < -0.39 is 0 Å². The molecule has 4 nitrogen and oxygen atoms in total. The van der Waals surface area contributed by atoms with Crippen molar-refractivity contribution in [3.05, 3.63) is 39.8 Å². The minimum atomic E-state index is -0.138. The number of nitrogens with zero attached hydrogens (tertiary/aromatic N) is 3. The third kappa shape index (κ3) is 3.31. The van der Waals surface area contributed by atoms with Crippen LogP contribution in [-0.4, -0.2) is 33.6 Å². The Morgan fingerprint density at radius 1 is 0.926 bits per heavy atom. The SMILES string of the molecule is O=c1c(Cl)nc2ccccc2n1C1CCN(C2C[C@H]3CCC[C@@H](C2)C3)CC1. The van der Waals surface area contributed by atoms with Crippen LogP contribution in [0.2, 0.25) is 5.15 Å². The van der Waals surface area contributed by atoms with Crippen LogP contribution in [0.25, 0.3) is 11.0 Å². The van der Waals surface area contributed by atoms with Crippen LogP contribution in [0.1, 0.15) is 57.4 Å². The molecule has 0 amide bonds. The van der Waals surface area contributed by atoms with Crippen molar-refractivity contribution in [2.45, 2.75) is 63.5 Å². The molecule has 2 aliphatic carbocycles. The first-order chi connectivity index (χ1) is 13.2. The van der Waals surface area contributed by atoms with Crippen LogP contribution in [-0.2, 0) is 0 Å². The van der Waals surface area contributed by atoms with Gasteiger partial charge < -0.3 is 9.47 Å². The summed E-state index contributed by atoms with van der Waals surface area (Å²) in [5.41, 5.74) is 1.59. The molecule has 1 aromatic heterocycles. The second kappa shape index (κ2) is 7.21. The van der Waals surface area contributed by atoms with E-state index in [4.69, 9.17) is 11.6 Å². The highest BCUT2D eigenvalue weighted by Crippen LogP contribution is 2.42. The predicted octanol–water partition coefficient (Wildman–Crippen LogP) is 4.66. The first kappa shape index (κ1) is 17.7. The quantitative estimate of drug-likeness (QED) is 0.754. The van der Waals surface area contributed by atoms with Crippen molar-refractivity contribution < 1.29 is 0 Å². The Balaban J connectivity index is 1.35. The number of benzene rings is 1. The topological polar surface area (TPSA) is 38.1 Å². The number of hydrogen-bond acceptors (Lipinski definition) is 3. The smallest absolute Gasteiger partial charge is 0.288 e. The Bertz CT molecular complexity index is 875. The molecule has 0 spiro atoms. The number of aromatic nitrogens is 2. The number of likely N-dealkylation sites (tertiary alicyclic amines) is 1. The van der Waals surface area contributed by atoms with E-state index >= 15 is 0 Å². The summed E-state index contributed by atoms with van der Waals surface area (Å²) in [4.78, 5) is 19.7. The van der Waals surface area contributed by atoms with Crippen LogP contribution in [0.4, 0.5) is 0 Å². The summed E-state index contributed by atoms with van der Waals surface area (Å²) in [7, 11) is 0. The molecule has 1 saturated heterocycles. The van der Waals surface area contributed by atoms with Crippen LogP contribution in [0.5, 0.6) is 0 Å². The fourth-order valence-electron chi connectivity index (χ4n) is 5.99. The van der Waals surface area contributed by atoms with E-state index in [1.165, 1.54) is 38.5 Å². The van der Waals surface area contributed by atoms with Gasteiger partial charge in [-0.1, -0.05) is 43.0 Å². The van der Waals surface area contributed by atoms with Crippen LogP contribution in [0.15, 0.2) is 29.1 Å². The highest BCUT2D eigenvalue weighted by Gasteiger charge is 2.36. The van der Waals surface area contributed by atoms with Gasteiger partial charge in [0.25, 0.3) is 5.56 Å². The van der Waals surface area contributed by atoms with E-state index in [1.807, 2.05) is 28.8 Å². The number of hydrogen-bond donors (Lipinski definition) is 0. The molecule has 1 unspecified atom stereocenters. The molecular formula is C22H28ClN3O. The van der Waals surface area contributed by atoms with E-state index in [9.17, 15) is 4.79 Å². The Kier molecular flexibility index (Phi) is 4.73. The van der Waals surface area contributed by atoms with Gasteiger partial charge in [-0.3, -0.25) is 4.79 Å². The molecule has 3 atom stereocenters. The molecule has 5 heteroatoms. The molecule has 2 heterocycles. The van der Waals surface area contributed by atoms with Gasteiger partial charge in [-0.2, -0.15) is 0 Å². The Morgan fingerprint density at radius 3 is 2.37 bits per heavy atom. The number of piperidine rings is 1. The van der Waals surface area contributed by atoms with Crippen LogP contribution in [0.3, 0.4) is 0 Å². The van der Waals surface area contributed by atoms with Crippen LogP contribution >= 0.6 is 11.6 Å². The summed E-state index contributed by atoms with van der Waals surface area (Å²) in [6.07, 6.45) is 10.6. The molecule has 1 aliphatic heterocycles. The number of para-hydroxylation sites is 2. The summed E-state index contributed by atoms with van der Waals surface area (Å²) in [6.45, 7) is 2.19. The van der Waals surface area contributed by atoms with Gasteiger partial charge in [-0.15, -0.1) is 0 Å². The molecule has 3 aliphatic rings. The standard InChI is InChI=1S/C22H28ClN3O/c23-21-22(27)26(20-7-2-1-6-19(20)24-21)17-8-10-25(11-9-17)18-13-15-4-3-5-16(12-15)14-18/h1-2,6-7,15-18H,3-5,8-14H2/t15-,16+,18?. The number of halogens is 1. The van der Waals surface area contributed by atoms with Crippen molar-refractivity contribution in [1.29, 1.82) is 0 Å². The van der Waals surface area contributed by atoms with E-state index in [0.29, 0.717) is 0 Å². The zero-order valence-electron chi connectivity index (χ0n) is 15.8. The van der Waals surface area contributed by atoms with Crippen LogP contribution in [0, 0.1) is 11.8 Å². The van der Waals surface area contributed by atoms with Crippen LogP contribution < -0.4 is 5.56 Å². The lowest BCUT2D eigenvalue weighted by molar-refractivity contribution is 0.0509. The highest BCUT2D eigenvalue weighted by molar-refractivity contribution is 6.29. The van der Waals surface area contributed by atoms with Crippen molar-refractivity contribution in [2.24, 2.45) is 11.8 Å². The Labute approximate surface area is 165 Å². The van der Waals surface area contributed by atoms with Gasteiger partial charge in [0.05, 0.1) is 11.0 Å². The average Bonchev–Trinajstić information content (AvgIpc) is 2.69. The summed E-state index contributed by atoms with van der Waals surface area (Å²) in [6, 6.07) is 8.85. The van der Waals surface area contributed by atoms with Gasteiger partial charge in [0.15, 0.2) is 5.15 Å². The van der Waals surface area contributed by atoms with E-state index in [2.05, 4.69) is 9.88 Å². The lowest BCUT2D eigenvalue weighted by atomic mass is 9.70. The summed E-state index contributed by atoms with van der Waals surface area (Å²) < 4.78 is 1.91. The molecule has 5 rings (SSSR count). The molecular weight excluding hydrogens is 358 g/mol. The lowest BCUT2D eigenvalue weighted by Gasteiger charge is -2.46. The third-order valence-electron chi connectivity index (χ3n) is 7.24. The molecule has 1 aromatic carbocycles. The van der Waals surface area contributed by atoms with Gasteiger partial charge in [0.1, 0.15) is 0 Å². The summed E-state index contributed by atoms with van der Waals surface area (Å²) in [5.74, 6) is 1.93. The van der Waals surface area contributed by atoms with Gasteiger partial charge >= 0.3 is 0 Å². The van der Waals surface area contributed by atoms with Crippen molar-refractivity contribution >= 4 is 22.6 Å². The normalized spacial score (nSPS) is 29.9. The zero-order chi connectivity index (χ0) is 18.4. The lowest BCUT2D eigenvalue weighted by Crippen LogP contribution is -2.47. The molecule has 3 fully saturated rings. The van der Waals surface area contributed by atoms with Crippen molar-refractivity contribution in [2.75, 3.05) is 13.1 Å². The molecule has 2 bridgehead atoms. The second-order valence-electron chi connectivity index (χ2n) is 8.86. The maximum absolute atomic E-state index is 12.8.